The Kier molecular flexibility index (Phi) is 12.0. The Morgan fingerprint density at radius 1 is 1.04 bits per heavy atom. The second-order valence-corrected chi connectivity index (χ2v) is 13.0. The molecule has 11 heteroatoms. The van der Waals surface area contributed by atoms with Crippen LogP contribution in [0.3, 0.4) is 0 Å². The molecule has 0 fully saturated rings. The van der Waals surface area contributed by atoms with Gasteiger partial charge in [0.15, 0.2) is 11.6 Å². The van der Waals surface area contributed by atoms with Gasteiger partial charge in [-0.05, 0) is 93.3 Å². The van der Waals surface area contributed by atoms with Crippen LogP contribution in [0.5, 0.6) is 5.75 Å². The topological polar surface area (TPSA) is 118 Å². The number of aliphatic hydroxyl groups is 1. The number of hydrogen-bond donors (Lipinski definition) is 3. The summed E-state index contributed by atoms with van der Waals surface area (Å²) in [6.45, 7) is 6.29. The van der Waals surface area contributed by atoms with Crippen LogP contribution >= 0.6 is 27.5 Å². The molecule has 0 unspecified atom stereocenters. The lowest BCUT2D eigenvalue weighted by molar-refractivity contribution is -0.155. The number of nitrogens with one attached hydrogen (secondary N) is 2. The molecule has 0 spiro atoms. The zero-order valence-electron chi connectivity index (χ0n) is 25.6. The van der Waals surface area contributed by atoms with Crippen LogP contribution < -0.4 is 15.6 Å². The van der Waals surface area contributed by atoms with E-state index < -0.39 is 29.1 Å². The molecule has 0 saturated carbocycles. The lowest BCUT2D eigenvalue weighted by atomic mass is 9.83. The SMILES string of the molecule is CC(C)(C)OC(=O)CC[C@]1(C(=O)NNCCc2ccc(Cl)cc2)N=C(c2ccc(OCCCO)cc2)O[C@H]1c1ccc(Br)cc1. The number of halogens is 2. The van der Waals surface area contributed by atoms with E-state index in [9.17, 15) is 9.59 Å². The first-order chi connectivity index (χ1) is 21.5. The molecule has 3 N–H and O–H groups in total. The van der Waals surface area contributed by atoms with Crippen LogP contribution in [0.25, 0.3) is 0 Å². The fraction of sp³-hybridized carbons (Fsp3) is 0.382. The van der Waals surface area contributed by atoms with Crippen LogP contribution in [0.1, 0.15) is 62.8 Å². The number of nitrogens with zero attached hydrogens (tertiary/aromatic N) is 1. The van der Waals surface area contributed by atoms with Crippen molar-refractivity contribution < 1.29 is 28.9 Å². The van der Waals surface area contributed by atoms with Gasteiger partial charge in [-0.1, -0.05) is 51.8 Å². The lowest BCUT2D eigenvalue weighted by Crippen LogP contribution is -2.53. The fourth-order valence-corrected chi connectivity index (χ4v) is 5.19. The Balaban J connectivity index is 1.63. The highest BCUT2D eigenvalue weighted by Crippen LogP contribution is 2.43. The smallest absolute Gasteiger partial charge is 0.306 e. The maximum absolute atomic E-state index is 14.2. The molecule has 9 nitrogen and oxygen atoms in total. The van der Waals surface area contributed by atoms with Crippen molar-refractivity contribution in [2.75, 3.05) is 19.8 Å². The molecule has 3 aromatic rings. The minimum atomic E-state index is -1.50. The highest BCUT2D eigenvalue weighted by atomic mass is 79.9. The summed E-state index contributed by atoms with van der Waals surface area (Å²) in [7, 11) is 0. The van der Waals surface area contributed by atoms with Gasteiger partial charge in [-0.15, -0.1) is 0 Å². The maximum atomic E-state index is 14.2. The number of esters is 1. The van der Waals surface area contributed by atoms with Crippen LogP contribution in [0, 0.1) is 0 Å². The van der Waals surface area contributed by atoms with Gasteiger partial charge in [0.2, 0.25) is 5.90 Å². The molecule has 2 atom stereocenters. The van der Waals surface area contributed by atoms with Gasteiger partial charge >= 0.3 is 5.97 Å². The summed E-state index contributed by atoms with van der Waals surface area (Å²) in [5.74, 6) is 0.0291. The number of benzene rings is 3. The van der Waals surface area contributed by atoms with Crippen LogP contribution in [0.4, 0.5) is 0 Å². The van der Waals surface area contributed by atoms with Gasteiger partial charge in [-0.25, -0.2) is 10.4 Å². The van der Waals surface area contributed by atoms with E-state index in [4.69, 9.17) is 35.9 Å². The molecule has 45 heavy (non-hydrogen) atoms. The average Bonchev–Trinajstić information content (AvgIpc) is 3.40. The van der Waals surface area contributed by atoms with Crippen molar-refractivity contribution in [2.45, 2.75) is 63.7 Å². The van der Waals surface area contributed by atoms with E-state index in [1.54, 1.807) is 45.0 Å². The highest BCUT2D eigenvalue weighted by molar-refractivity contribution is 9.10. The fourth-order valence-electron chi connectivity index (χ4n) is 4.80. The van der Waals surface area contributed by atoms with Crippen molar-refractivity contribution in [3.8, 4) is 5.75 Å². The summed E-state index contributed by atoms with van der Waals surface area (Å²) in [5.41, 5.74) is 6.12. The van der Waals surface area contributed by atoms with Gasteiger partial charge in [0.25, 0.3) is 5.91 Å². The number of ether oxygens (including phenoxy) is 3. The summed E-state index contributed by atoms with van der Waals surface area (Å²) in [6.07, 6.45) is 0.326. The predicted molar refractivity (Wildman–Crippen MR) is 177 cm³/mol. The molecular weight excluding hydrogens is 662 g/mol. The Labute approximate surface area is 277 Å². The normalized spacial score (nSPS) is 17.7. The number of hydrazine groups is 1. The van der Waals surface area contributed by atoms with Gasteiger partial charge in [-0.3, -0.25) is 15.0 Å². The number of amides is 1. The van der Waals surface area contributed by atoms with E-state index in [0.717, 1.165) is 15.6 Å². The van der Waals surface area contributed by atoms with Gasteiger partial charge < -0.3 is 19.3 Å². The second-order valence-electron chi connectivity index (χ2n) is 11.7. The molecule has 1 aliphatic rings. The minimum Gasteiger partial charge on any atom is -0.494 e. The van der Waals surface area contributed by atoms with Crippen molar-refractivity contribution in [2.24, 2.45) is 4.99 Å². The molecule has 0 radical (unpaired) electrons. The van der Waals surface area contributed by atoms with E-state index in [1.807, 2.05) is 48.5 Å². The highest BCUT2D eigenvalue weighted by Gasteiger charge is 2.53. The van der Waals surface area contributed by atoms with E-state index in [0.29, 0.717) is 42.3 Å². The number of aliphatic imine (C=N–C) groups is 1. The van der Waals surface area contributed by atoms with Crippen molar-refractivity contribution in [1.29, 1.82) is 0 Å². The first-order valence-electron chi connectivity index (χ1n) is 14.8. The molecule has 240 valence electrons. The predicted octanol–water partition coefficient (Wildman–Crippen LogP) is 6.11. The van der Waals surface area contributed by atoms with E-state index >= 15 is 0 Å². The quantitative estimate of drug-likeness (QED) is 0.106. The Morgan fingerprint density at radius 3 is 2.38 bits per heavy atom. The first kappa shape index (κ1) is 34.4. The molecule has 0 bridgehead atoms. The summed E-state index contributed by atoms with van der Waals surface area (Å²) < 4.78 is 18.6. The van der Waals surface area contributed by atoms with E-state index in [2.05, 4.69) is 26.8 Å². The number of aliphatic hydroxyl groups excluding tert-OH is 1. The van der Waals surface area contributed by atoms with Crippen LogP contribution in [-0.2, 0) is 25.5 Å². The van der Waals surface area contributed by atoms with Crippen molar-refractivity contribution >= 4 is 45.3 Å². The molecule has 4 rings (SSSR count). The number of rotatable bonds is 14. The van der Waals surface area contributed by atoms with Gasteiger partial charge in [0.1, 0.15) is 11.4 Å². The third-order valence-corrected chi connectivity index (χ3v) is 7.77. The minimum absolute atomic E-state index is 0.0409. The third-order valence-electron chi connectivity index (χ3n) is 6.99. The van der Waals surface area contributed by atoms with Crippen LogP contribution in [0.15, 0.2) is 82.3 Å². The summed E-state index contributed by atoms with van der Waals surface area (Å²) in [6, 6.07) is 22.2. The number of carbonyl (C=O) groups is 2. The monoisotopic (exact) mass is 699 g/mol. The molecule has 0 aromatic heterocycles. The van der Waals surface area contributed by atoms with Crippen molar-refractivity contribution in [3.63, 3.8) is 0 Å². The van der Waals surface area contributed by atoms with Crippen LogP contribution in [-0.4, -0.2) is 53.8 Å². The first-order valence-corrected chi connectivity index (χ1v) is 16.0. The average molecular weight is 701 g/mol. The third kappa shape index (κ3) is 9.77. The molecular formula is C34H39BrClN3O6. The number of hydrogen-bond acceptors (Lipinski definition) is 8. The molecule has 3 aromatic carbocycles. The van der Waals surface area contributed by atoms with Crippen molar-refractivity contribution in [1.82, 2.24) is 10.9 Å². The second kappa shape index (κ2) is 15.7. The zero-order valence-corrected chi connectivity index (χ0v) is 28.0. The maximum Gasteiger partial charge on any atom is 0.306 e. The standard InChI is InChI=1S/C34H39BrClN3O6/c1-33(2,3)45-29(41)17-19-34(32(42)39-37-20-18-23-5-13-27(36)14-6-23)30(24-7-11-26(35)12-8-24)44-31(38-34)25-9-15-28(16-10-25)43-22-4-21-40/h5-16,30,37,40H,4,17-22H2,1-3H3,(H,39,42)/t30-,34-/m0/s1. The zero-order chi connectivity index (χ0) is 32.5. The van der Waals surface area contributed by atoms with Gasteiger partial charge in [0.05, 0.1) is 6.61 Å². The van der Waals surface area contributed by atoms with E-state index in [-0.39, 0.29) is 25.3 Å². The molecule has 1 aliphatic heterocycles. The lowest BCUT2D eigenvalue weighted by Gasteiger charge is -2.31. The molecule has 1 amide bonds. The van der Waals surface area contributed by atoms with Gasteiger partial charge in [-0.2, -0.15) is 0 Å². The molecule has 0 aliphatic carbocycles. The summed E-state index contributed by atoms with van der Waals surface area (Å²) in [4.78, 5) is 32.0. The summed E-state index contributed by atoms with van der Waals surface area (Å²) in [5, 5.41) is 9.69. The van der Waals surface area contributed by atoms with Crippen molar-refractivity contribution in [3.05, 3.63) is 99.0 Å². The van der Waals surface area contributed by atoms with Crippen LogP contribution in [0.2, 0.25) is 5.02 Å². The van der Waals surface area contributed by atoms with E-state index in [1.165, 1.54) is 0 Å². The Morgan fingerprint density at radius 2 is 1.73 bits per heavy atom. The largest absolute Gasteiger partial charge is 0.494 e. The van der Waals surface area contributed by atoms with Gasteiger partial charge in [0, 0.05) is 41.1 Å². The Bertz CT molecular complexity index is 1460. The molecule has 0 saturated heterocycles. The molecule has 1 heterocycles. The summed E-state index contributed by atoms with van der Waals surface area (Å²) >= 11 is 9.48. The Hall–Kier alpha value is -3.44. The number of carbonyl (C=O) groups excluding carboxylic acids is 2.